The van der Waals surface area contributed by atoms with Gasteiger partial charge in [-0.2, -0.15) is 0 Å². The molecule has 1 amide bonds. The Bertz CT molecular complexity index is 1380. The van der Waals surface area contributed by atoms with E-state index in [0.29, 0.717) is 46.0 Å². The highest BCUT2D eigenvalue weighted by atomic mass is 32.2. The summed E-state index contributed by atoms with van der Waals surface area (Å²) in [4.78, 5) is 35.8. The molecule has 9 heteroatoms. The summed E-state index contributed by atoms with van der Waals surface area (Å²) >= 11 is 6.73. The van der Waals surface area contributed by atoms with Crippen LogP contribution in [-0.2, 0) is 16.1 Å². The third-order valence-electron chi connectivity index (χ3n) is 6.25. The van der Waals surface area contributed by atoms with Crippen LogP contribution in [0, 0.1) is 6.92 Å². The van der Waals surface area contributed by atoms with Crippen LogP contribution in [0.25, 0.3) is 11.7 Å². The number of nitrogens with zero attached hydrogens (tertiary/aromatic N) is 4. The Morgan fingerprint density at radius 2 is 2.03 bits per heavy atom. The Morgan fingerprint density at radius 1 is 1.23 bits per heavy atom. The number of thioether (sulfide) groups is 1. The fraction of sp³-hybridized carbons (Fsp3) is 0.308. The predicted octanol–water partition coefficient (Wildman–Crippen LogP) is 4.02. The van der Waals surface area contributed by atoms with Gasteiger partial charge in [-0.15, -0.1) is 0 Å². The second-order valence-electron chi connectivity index (χ2n) is 8.81. The average molecular weight is 507 g/mol. The van der Waals surface area contributed by atoms with Gasteiger partial charge in [0.15, 0.2) is 0 Å². The molecule has 2 aromatic heterocycles. The van der Waals surface area contributed by atoms with Gasteiger partial charge in [0.05, 0.1) is 23.1 Å². The quantitative estimate of drug-likeness (QED) is 0.370. The summed E-state index contributed by atoms with van der Waals surface area (Å²) in [6.07, 6.45) is 5.26. The van der Waals surface area contributed by atoms with Crippen molar-refractivity contribution < 1.29 is 9.53 Å². The second kappa shape index (κ2) is 9.93. The van der Waals surface area contributed by atoms with Gasteiger partial charge >= 0.3 is 0 Å². The highest BCUT2D eigenvalue weighted by molar-refractivity contribution is 8.26. The molecule has 2 aliphatic rings. The van der Waals surface area contributed by atoms with E-state index < -0.39 is 0 Å². The van der Waals surface area contributed by atoms with Gasteiger partial charge < -0.3 is 9.64 Å². The molecule has 35 heavy (non-hydrogen) atoms. The first-order chi connectivity index (χ1) is 16.9. The molecule has 0 bridgehead atoms. The summed E-state index contributed by atoms with van der Waals surface area (Å²) in [6, 6.07) is 13.8. The maximum absolute atomic E-state index is 13.7. The predicted molar refractivity (Wildman–Crippen MR) is 144 cm³/mol. The van der Waals surface area contributed by atoms with E-state index in [4.69, 9.17) is 21.9 Å². The summed E-state index contributed by atoms with van der Waals surface area (Å²) < 4.78 is 7.72. The van der Waals surface area contributed by atoms with E-state index in [1.54, 1.807) is 17.2 Å². The van der Waals surface area contributed by atoms with Gasteiger partial charge in [-0.25, -0.2) is 4.98 Å². The van der Waals surface area contributed by atoms with E-state index in [-0.39, 0.29) is 17.6 Å². The van der Waals surface area contributed by atoms with Crippen molar-refractivity contribution in [3.63, 3.8) is 0 Å². The molecule has 0 saturated carbocycles. The van der Waals surface area contributed by atoms with Gasteiger partial charge in [-0.1, -0.05) is 60.4 Å². The molecule has 1 atom stereocenters. The number of anilines is 1. The molecule has 0 spiro atoms. The first kappa shape index (κ1) is 23.7. The molecule has 3 aromatic rings. The number of pyridine rings is 1. The largest absolute Gasteiger partial charge is 0.376 e. The minimum absolute atomic E-state index is 0.000326. The topological polar surface area (TPSA) is 67.2 Å². The van der Waals surface area contributed by atoms with Crippen LogP contribution in [0.4, 0.5) is 5.82 Å². The summed E-state index contributed by atoms with van der Waals surface area (Å²) in [6.45, 7) is 3.65. The van der Waals surface area contributed by atoms with Crippen LogP contribution in [0.3, 0.4) is 0 Å². The van der Waals surface area contributed by atoms with Gasteiger partial charge in [0.2, 0.25) is 0 Å². The molecule has 5 rings (SSSR count). The zero-order valence-corrected chi connectivity index (χ0v) is 21.3. The number of carbonyl (C=O) groups is 1. The number of benzene rings is 1. The molecule has 7 nitrogen and oxygen atoms in total. The highest BCUT2D eigenvalue weighted by Gasteiger charge is 2.35. The maximum atomic E-state index is 13.7. The van der Waals surface area contributed by atoms with Crippen LogP contribution < -0.4 is 10.5 Å². The number of amides is 1. The minimum atomic E-state index is -0.224. The van der Waals surface area contributed by atoms with Gasteiger partial charge in [-0.05, 0) is 43.0 Å². The zero-order chi connectivity index (χ0) is 24.5. The van der Waals surface area contributed by atoms with Gasteiger partial charge in [0.1, 0.15) is 15.8 Å². The Hall–Kier alpha value is -3.01. The third kappa shape index (κ3) is 4.76. The van der Waals surface area contributed by atoms with E-state index >= 15 is 0 Å². The normalized spacial score (nSPS) is 19.3. The summed E-state index contributed by atoms with van der Waals surface area (Å²) in [5.41, 5.74) is 2.72. The monoisotopic (exact) mass is 506 g/mol. The average Bonchev–Trinajstić information content (AvgIpc) is 3.46. The Balaban J connectivity index is 1.57. The van der Waals surface area contributed by atoms with E-state index in [2.05, 4.69) is 0 Å². The fourth-order valence-electron chi connectivity index (χ4n) is 4.43. The van der Waals surface area contributed by atoms with Crippen molar-refractivity contribution in [2.24, 2.45) is 0 Å². The van der Waals surface area contributed by atoms with Crippen molar-refractivity contribution in [2.75, 3.05) is 25.1 Å². The number of aryl methyl sites for hydroxylation is 1. The van der Waals surface area contributed by atoms with Crippen molar-refractivity contribution >= 4 is 51.7 Å². The molecule has 2 aliphatic heterocycles. The second-order valence-corrected chi connectivity index (χ2v) is 10.5. The molecule has 0 N–H and O–H groups in total. The van der Waals surface area contributed by atoms with Crippen LogP contribution in [-0.4, -0.2) is 50.8 Å². The molecule has 0 radical (unpaired) electrons. The lowest BCUT2D eigenvalue weighted by molar-refractivity contribution is -0.123. The van der Waals surface area contributed by atoms with E-state index in [0.717, 1.165) is 24.0 Å². The molecule has 4 heterocycles. The lowest BCUT2D eigenvalue weighted by atomic mass is 10.2. The van der Waals surface area contributed by atoms with Crippen LogP contribution in [0.2, 0.25) is 0 Å². The molecule has 2 saturated heterocycles. The van der Waals surface area contributed by atoms with E-state index in [1.807, 2.05) is 61.3 Å². The smallest absolute Gasteiger partial charge is 0.267 e. The molecular weight excluding hydrogens is 480 g/mol. The van der Waals surface area contributed by atoms with Crippen molar-refractivity contribution in [3.05, 3.63) is 80.6 Å². The number of aromatic nitrogens is 2. The molecule has 180 valence electrons. The Labute approximate surface area is 213 Å². The van der Waals surface area contributed by atoms with Crippen molar-refractivity contribution in [1.29, 1.82) is 0 Å². The third-order valence-corrected chi connectivity index (χ3v) is 7.63. The van der Waals surface area contributed by atoms with E-state index in [1.165, 1.54) is 16.2 Å². The lowest BCUT2D eigenvalue weighted by Crippen LogP contribution is -2.35. The standard InChI is InChI=1S/C26H26N4O3S2/c1-17-8-6-12-29-22(17)27-23(28(2)15-18-9-4-3-5-10-18)20(24(29)31)14-21-25(32)30(26(34)35-21)16-19-11-7-13-33-19/h3-6,8-10,12,14,19H,7,11,13,15-16H2,1-2H3/b21-14-/t19-/m1/s1. The van der Waals surface area contributed by atoms with Crippen molar-refractivity contribution in [2.45, 2.75) is 32.4 Å². The first-order valence-corrected chi connectivity index (χ1v) is 12.8. The Kier molecular flexibility index (Phi) is 6.73. The molecular formula is C26H26N4O3S2. The van der Waals surface area contributed by atoms with Crippen LogP contribution >= 0.6 is 24.0 Å². The maximum Gasteiger partial charge on any atom is 0.267 e. The van der Waals surface area contributed by atoms with Gasteiger partial charge in [0, 0.05) is 26.4 Å². The van der Waals surface area contributed by atoms with E-state index in [9.17, 15) is 9.59 Å². The van der Waals surface area contributed by atoms with Gasteiger partial charge in [-0.3, -0.25) is 18.9 Å². The number of hydrogen-bond donors (Lipinski definition) is 0. The van der Waals surface area contributed by atoms with Crippen molar-refractivity contribution in [3.8, 4) is 0 Å². The number of hydrogen-bond acceptors (Lipinski definition) is 7. The van der Waals surface area contributed by atoms with Crippen LogP contribution in [0.1, 0.15) is 29.5 Å². The summed E-state index contributed by atoms with van der Waals surface area (Å²) in [5.74, 6) is 0.332. The Morgan fingerprint density at radius 3 is 2.77 bits per heavy atom. The van der Waals surface area contributed by atoms with Gasteiger partial charge in [0.25, 0.3) is 11.5 Å². The molecule has 0 aliphatic carbocycles. The van der Waals surface area contributed by atoms with Crippen LogP contribution in [0.15, 0.2) is 58.4 Å². The minimum Gasteiger partial charge on any atom is -0.376 e. The number of fused-ring (bicyclic) bond motifs is 1. The summed E-state index contributed by atoms with van der Waals surface area (Å²) in [5, 5.41) is 0. The fourth-order valence-corrected chi connectivity index (χ4v) is 5.69. The lowest BCUT2D eigenvalue weighted by Gasteiger charge is -2.21. The number of rotatable bonds is 6. The number of carbonyl (C=O) groups excluding carboxylic acids is 1. The SMILES string of the molecule is Cc1cccn2c(=O)c(/C=C3\SC(=S)N(C[C@H]4CCCO4)C3=O)c(N(C)Cc3ccccc3)nc12. The zero-order valence-electron chi connectivity index (χ0n) is 19.6. The van der Waals surface area contributed by atoms with Crippen LogP contribution in [0.5, 0.6) is 0 Å². The highest BCUT2D eigenvalue weighted by Crippen LogP contribution is 2.34. The molecule has 2 fully saturated rings. The first-order valence-electron chi connectivity index (χ1n) is 11.6. The molecule has 0 unspecified atom stereocenters. The molecule has 1 aromatic carbocycles. The van der Waals surface area contributed by atoms with Crippen molar-refractivity contribution in [1.82, 2.24) is 14.3 Å². The number of thiocarbonyl (C=S) groups is 1. The summed E-state index contributed by atoms with van der Waals surface area (Å²) in [7, 11) is 1.91. The number of ether oxygens (including phenoxy) is 1.